The van der Waals surface area contributed by atoms with Gasteiger partial charge in [-0.1, -0.05) is 0 Å². The molecule has 1 aliphatic heterocycles. The molecular formula is CF2O5P2+2. The highest BCUT2D eigenvalue weighted by molar-refractivity contribution is 7.48. The van der Waals surface area contributed by atoms with Gasteiger partial charge in [-0.05, 0) is 9.05 Å². The first-order valence-electron chi connectivity index (χ1n) is 1.88. The maximum Gasteiger partial charge on any atom is 0.756 e. The lowest BCUT2D eigenvalue weighted by atomic mass is 11.3. The molecule has 2 atom stereocenters. The molecule has 1 aliphatic rings. The maximum absolute atomic E-state index is 11.8. The summed E-state index contributed by atoms with van der Waals surface area (Å²) in [7, 11) is -6.06. The summed E-state index contributed by atoms with van der Waals surface area (Å²) in [5.41, 5.74) is 0. The first kappa shape index (κ1) is 8.04. The normalized spacial score (nSPS) is 32.2. The summed E-state index contributed by atoms with van der Waals surface area (Å²) in [6.07, 6.45) is -4.07. The Labute approximate surface area is 55.2 Å². The minimum atomic E-state index is -4.07. The summed E-state index contributed by atoms with van der Waals surface area (Å²) in [6, 6.07) is 0. The van der Waals surface area contributed by atoms with Crippen molar-refractivity contribution in [1.82, 2.24) is 0 Å². The van der Waals surface area contributed by atoms with Crippen LogP contribution < -0.4 is 0 Å². The third-order valence-electron chi connectivity index (χ3n) is 0.495. The van der Waals surface area contributed by atoms with Gasteiger partial charge in [0, 0.05) is 9.13 Å². The highest BCUT2D eigenvalue weighted by Gasteiger charge is 2.64. The molecule has 0 radical (unpaired) electrons. The minimum Gasteiger partial charge on any atom is -0.142 e. The van der Waals surface area contributed by atoms with Gasteiger partial charge in [-0.15, -0.1) is 8.78 Å². The standard InChI is InChI=1S/CF2O5P2/c2-1(3)6-9(4)8-10(5)7-1/q+2. The van der Waals surface area contributed by atoms with Crippen molar-refractivity contribution >= 4 is 16.5 Å². The zero-order chi connectivity index (χ0) is 7.78. The van der Waals surface area contributed by atoms with Gasteiger partial charge in [-0.25, -0.2) is 0 Å². The highest BCUT2D eigenvalue weighted by atomic mass is 31.2. The van der Waals surface area contributed by atoms with Crippen molar-refractivity contribution in [2.45, 2.75) is 6.29 Å². The Morgan fingerprint density at radius 3 is 1.80 bits per heavy atom. The van der Waals surface area contributed by atoms with Gasteiger partial charge in [0.05, 0.1) is 0 Å². The summed E-state index contributed by atoms with van der Waals surface area (Å²) in [4.78, 5) is 0. The Kier molecular flexibility index (Phi) is 2.03. The Morgan fingerprint density at radius 2 is 1.50 bits per heavy atom. The molecule has 1 fully saturated rings. The van der Waals surface area contributed by atoms with E-state index in [0.717, 1.165) is 0 Å². The zero-order valence-electron chi connectivity index (χ0n) is 4.19. The van der Waals surface area contributed by atoms with E-state index < -0.39 is 22.8 Å². The van der Waals surface area contributed by atoms with Gasteiger partial charge in [0.25, 0.3) is 0 Å². The molecule has 9 heteroatoms. The molecule has 0 bridgehead atoms. The van der Waals surface area contributed by atoms with Crippen molar-refractivity contribution in [2.75, 3.05) is 0 Å². The predicted octanol–water partition coefficient (Wildman–Crippen LogP) is 1.91. The van der Waals surface area contributed by atoms with Crippen LogP contribution in [0.4, 0.5) is 8.78 Å². The Hall–Kier alpha value is -0.0600. The second-order valence-electron chi connectivity index (χ2n) is 1.17. The molecule has 0 aromatic heterocycles. The largest absolute Gasteiger partial charge is 0.756 e. The summed E-state index contributed by atoms with van der Waals surface area (Å²) in [5.74, 6) is 0. The number of alkyl halides is 2. The van der Waals surface area contributed by atoms with Crippen molar-refractivity contribution in [3.05, 3.63) is 0 Å². The number of hydrogen-bond acceptors (Lipinski definition) is 5. The van der Waals surface area contributed by atoms with Crippen molar-refractivity contribution in [1.29, 1.82) is 0 Å². The molecule has 1 rings (SSSR count). The molecular weight excluding hydrogens is 192 g/mol. The second kappa shape index (κ2) is 2.53. The van der Waals surface area contributed by atoms with Crippen LogP contribution in [0.25, 0.3) is 0 Å². The minimum absolute atomic E-state index is 3.03. The van der Waals surface area contributed by atoms with Gasteiger partial charge >= 0.3 is 22.8 Å². The van der Waals surface area contributed by atoms with Gasteiger partial charge in [-0.3, -0.25) is 0 Å². The maximum atomic E-state index is 11.8. The van der Waals surface area contributed by atoms with Gasteiger partial charge in [0.15, 0.2) is 4.31 Å². The van der Waals surface area contributed by atoms with Crippen molar-refractivity contribution in [3.63, 3.8) is 0 Å². The van der Waals surface area contributed by atoms with Gasteiger partial charge in [-0.2, -0.15) is 0 Å². The van der Waals surface area contributed by atoms with E-state index in [4.69, 9.17) is 0 Å². The molecule has 56 valence electrons. The molecule has 0 saturated carbocycles. The number of halogens is 2. The smallest absolute Gasteiger partial charge is 0.142 e. The Bertz CT molecular complexity index is 172. The molecule has 0 aliphatic carbocycles. The molecule has 0 aromatic carbocycles. The summed E-state index contributed by atoms with van der Waals surface area (Å²) in [6.45, 7) is 0. The Morgan fingerprint density at radius 1 is 1.10 bits per heavy atom. The second-order valence-corrected chi connectivity index (χ2v) is 3.09. The zero-order valence-corrected chi connectivity index (χ0v) is 5.98. The van der Waals surface area contributed by atoms with Gasteiger partial charge < -0.3 is 0 Å². The van der Waals surface area contributed by atoms with Crippen LogP contribution in [0, 0.1) is 0 Å². The van der Waals surface area contributed by atoms with Crippen LogP contribution in [0.1, 0.15) is 0 Å². The molecule has 1 heterocycles. The van der Waals surface area contributed by atoms with Crippen LogP contribution in [-0.4, -0.2) is 6.29 Å². The molecule has 0 N–H and O–H groups in total. The lowest BCUT2D eigenvalue weighted by Gasteiger charge is -1.99. The SMILES string of the molecule is O=[P+]1O[P+](=O)OC(F)(F)O1. The summed E-state index contributed by atoms with van der Waals surface area (Å²) < 4.78 is 54.0. The quantitative estimate of drug-likeness (QED) is 0.548. The first-order chi connectivity index (χ1) is 4.49. The van der Waals surface area contributed by atoms with E-state index in [0.29, 0.717) is 0 Å². The highest BCUT2D eigenvalue weighted by Crippen LogP contribution is 2.52. The molecule has 0 amide bonds. The van der Waals surface area contributed by atoms with Crippen LogP contribution in [0.3, 0.4) is 0 Å². The lowest BCUT2D eigenvalue weighted by Crippen LogP contribution is -2.21. The fourth-order valence-electron chi connectivity index (χ4n) is 0.278. The van der Waals surface area contributed by atoms with E-state index in [1.54, 1.807) is 0 Å². The summed E-state index contributed by atoms with van der Waals surface area (Å²) in [5, 5.41) is 0. The fraction of sp³-hybridized carbons (Fsp3) is 1.00. The van der Waals surface area contributed by atoms with E-state index in [9.17, 15) is 17.9 Å². The molecule has 0 aromatic rings. The van der Waals surface area contributed by atoms with E-state index in [-0.39, 0.29) is 0 Å². The third-order valence-corrected chi connectivity index (χ3v) is 2.28. The van der Waals surface area contributed by atoms with Crippen LogP contribution >= 0.6 is 16.5 Å². The fourth-order valence-corrected chi connectivity index (χ4v) is 1.46. The van der Waals surface area contributed by atoms with E-state index in [1.165, 1.54) is 0 Å². The molecule has 10 heavy (non-hydrogen) atoms. The van der Waals surface area contributed by atoms with Gasteiger partial charge in [0.1, 0.15) is 0 Å². The predicted molar refractivity (Wildman–Crippen MR) is 23.4 cm³/mol. The van der Waals surface area contributed by atoms with Crippen LogP contribution in [0.2, 0.25) is 0 Å². The Balaban J connectivity index is 2.68. The average Bonchev–Trinajstić information content (AvgIpc) is 1.54. The topological polar surface area (TPSA) is 61.8 Å². The average molecular weight is 192 g/mol. The first-order valence-corrected chi connectivity index (χ1v) is 4.07. The molecule has 5 nitrogen and oxygen atoms in total. The van der Waals surface area contributed by atoms with Crippen LogP contribution in [0.5, 0.6) is 0 Å². The van der Waals surface area contributed by atoms with Crippen LogP contribution in [-0.2, 0) is 22.5 Å². The van der Waals surface area contributed by atoms with Crippen molar-refractivity contribution in [3.8, 4) is 0 Å². The van der Waals surface area contributed by atoms with Crippen LogP contribution in [0.15, 0.2) is 0 Å². The van der Waals surface area contributed by atoms with Crippen molar-refractivity contribution in [2.24, 2.45) is 0 Å². The van der Waals surface area contributed by atoms with E-state index in [2.05, 4.69) is 13.4 Å². The summed E-state index contributed by atoms with van der Waals surface area (Å²) >= 11 is 0. The third kappa shape index (κ3) is 1.97. The lowest BCUT2D eigenvalue weighted by molar-refractivity contribution is -0.316. The van der Waals surface area contributed by atoms with Gasteiger partial charge in [0.2, 0.25) is 0 Å². The monoisotopic (exact) mass is 192 g/mol. The van der Waals surface area contributed by atoms with Crippen molar-refractivity contribution < 1.29 is 31.3 Å². The van der Waals surface area contributed by atoms with E-state index >= 15 is 0 Å². The number of rotatable bonds is 0. The molecule has 2 unspecified atom stereocenters. The number of hydrogen-bond donors (Lipinski definition) is 0. The van der Waals surface area contributed by atoms with E-state index in [1.807, 2.05) is 0 Å². The molecule has 0 spiro atoms. The molecule has 1 saturated heterocycles.